The number of amides is 1. The van der Waals surface area contributed by atoms with E-state index < -0.39 is 5.25 Å². The number of anilines is 1. The Morgan fingerprint density at radius 1 is 1.09 bits per heavy atom. The number of halogens is 1. The van der Waals surface area contributed by atoms with Gasteiger partial charge in [0.05, 0.1) is 17.0 Å². The summed E-state index contributed by atoms with van der Waals surface area (Å²) in [6, 6.07) is 15.9. The highest BCUT2D eigenvalue weighted by Gasteiger charge is 2.25. The summed E-state index contributed by atoms with van der Waals surface area (Å²) < 4.78 is 15.4. The van der Waals surface area contributed by atoms with E-state index in [1.807, 2.05) is 73.1 Å². The third-order valence-electron chi connectivity index (χ3n) is 5.35. The van der Waals surface area contributed by atoms with Gasteiger partial charge in [-0.1, -0.05) is 42.1 Å². The molecule has 4 aromatic rings. The zero-order valence-electron chi connectivity index (χ0n) is 19.3. The number of aromatic nitrogens is 4. The van der Waals surface area contributed by atoms with Gasteiger partial charge < -0.3 is 5.32 Å². The maximum absolute atomic E-state index is 13.5. The van der Waals surface area contributed by atoms with E-state index in [0.717, 1.165) is 16.9 Å². The summed E-state index contributed by atoms with van der Waals surface area (Å²) in [5, 5.41) is 14.2. The summed E-state index contributed by atoms with van der Waals surface area (Å²) in [5.41, 5.74) is 2.55. The van der Waals surface area contributed by atoms with Crippen molar-refractivity contribution in [3.05, 3.63) is 71.6 Å². The summed E-state index contributed by atoms with van der Waals surface area (Å²) >= 11 is 2.67. The van der Waals surface area contributed by atoms with E-state index in [9.17, 15) is 9.18 Å². The average Bonchev–Trinajstić information content (AvgIpc) is 3.47. The number of carbonyl (C=O) groups is 1. The number of thioether (sulfide) groups is 1. The Hall–Kier alpha value is -3.08. The van der Waals surface area contributed by atoms with Gasteiger partial charge in [0.2, 0.25) is 5.91 Å². The number of nitrogens with zero attached hydrogens (tertiary/aromatic N) is 5. The molecule has 10 heteroatoms. The molecule has 2 aromatic heterocycles. The van der Waals surface area contributed by atoms with Crippen molar-refractivity contribution < 1.29 is 9.18 Å². The number of nitrogens with one attached hydrogen (secondary N) is 1. The predicted octanol–water partition coefficient (Wildman–Crippen LogP) is 5.27. The quantitative estimate of drug-likeness (QED) is 0.335. The van der Waals surface area contributed by atoms with Crippen molar-refractivity contribution in [2.45, 2.75) is 30.3 Å². The van der Waals surface area contributed by atoms with E-state index in [1.54, 1.807) is 12.1 Å². The van der Waals surface area contributed by atoms with Crippen molar-refractivity contribution >= 4 is 34.1 Å². The Morgan fingerprint density at radius 3 is 2.47 bits per heavy atom. The molecule has 176 valence electrons. The first-order valence-electron chi connectivity index (χ1n) is 10.7. The third-order valence-corrected chi connectivity index (χ3v) is 7.15. The summed E-state index contributed by atoms with van der Waals surface area (Å²) in [7, 11) is 3.91. The summed E-state index contributed by atoms with van der Waals surface area (Å²) in [6.07, 6.45) is 0. The number of thiazole rings is 1. The first kappa shape index (κ1) is 24.1. The second kappa shape index (κ2) is 10.5. The van der Waals surface area contributed by atoms with Crippen LogP contribution in [0.4, 0.5) is 9.52 Å². The van der Waals surface area contributed by atoms with E-state index in [-0.39, 0.29) is 17.8 Å². The molecule has 7 nitrogen and oxygen atoms in total. The minimum atomic E-state index is -0.463. The third kappa shape index (κ3) is 5.35. The van der Waals surface area contributed by atoms with Crippen molar-refractivity contribution in [2.75, 3.05) is 19.4 Å². The monoisotopic (exact) mass is 496 g/mol. The number of hydrogen-bond donors (Lipinski definition) is 1. The van der Waals surface area contributed by atoms with Gasteiger partial charge >= 0.3 is 0 Å². The second-order valence-electron chi connectivity index (χ2n) is 7.95. The fourth-order valence-electron chi connectivity index (χ4n) is 3.18. The normalized spacial score (nSPS) is 13.1. The molecule has 1 amide bonds. The van der Waals surface area contributed by atoms with Crippen molar-refractivity contribution in [2.24, 2.45) is 0 Å². The van der Waals surface area contributed by atoms with E-state index in [4.69, 9.17) is 0 Å². The van der Waals surface area contributed by atoms with Crippen molar-refractivity contribution in [3.8, 4) is 16.9 Å². The Labute approximate surface area is 206 Å². The number of rotatable bonds is 8. The van der Waals surface area contributed by atoms with Crippen LogP contribution in [0.25, 0.3) is 16.9 Å². The molecule has 0 unspecified atom stereocenters. The smallest absolute Gasteiger partial charge is 0.239 e. The van der Waals surface area contributed by atoms with Crippen LogP contribution in [0.3, 0.4) is 0 Å². The highest BCUT2D eigenvalue weighted by Crippen LogP contribution is 2.30. The zero-order chi connectivity index (χ0) is 24.2. The van der Waals surface area contributed by atoms with E-state index in [0.29, 0.717) is 16.1 Å². The summed E-state index contributed by atoms with van der Waals surface area (Å²) in [5.74, 6) is 0.202. The number of hydrogen-bond acceptors (Lipinski definition) is 7. The first-order chi connectivity index (χ1) is 16.3. The SMILES string of the molecule is C[C@H](Sc1nnc([C@H](C)N(C)C)n1-c1ccc(F)cc1)C(=O)Nc1nc(-c2ccccc2)cs1. The topological polar surface area (TPSA) is 75.9 Å². The van der Waals surface area contributed by atoms with Crippen LogP contribution >= 0.6 is 23.1 Å². The Morgan fingerprint density at radius 2 is 1.79 bits per heavy atom. The summed E-state index contributed by atoms with van der Waals surface area (Å²) in [6.45, 7) is 3.83. The largest absolute Gasteiger partial charge is 0.301 e. The van der Waals surface area contributed by atoms with Crippen LogP contribution in [0.15, 0.2) is 65.1 Å². The van der Waals surface area contributed by atoms with Gasteiger partial charge in [-0.3, -0.25) is 14.3 Å². The molecule has 2 aromatic carbocycles. The molecular weight excluding hydrogens is 471 g/mol. The first-order valence-corrected chi connectivity index (χ1v) is 12.5. The van der Waals surface area contributed by atoms with Crippen LogP contribution in [0, 0.1) is 5.82 Å². The molecule has 0 aliphatic rings. The molecule has 2 atom stereocenters. The van der Waals surface area contributed by atoms with Crippen molar-refractivity contribution in [3.63, 3.8) is 0 Å². The molecule has 0 bridgehead atoms. The molecule has 0 fully saturated rings. The van der Waals surface area contributed by atoms with Gasteiger partial charge in [0.25, 0.3) is 0 Å². The molecule has 2 heterocycles. The summed E-state index contributed by atoms with van der Waals surface area (Å²) in [4.78, 5) is 19.5. The van der Waals surface area contributed by atoms with Crippen LogP contribution in [0.2, 0.25) is 0 Å². The fraction of sp³-hybridized carbons (Fsp3) is 0.250. The molecule has 0 aliphatic heterocycles. The van der Waals surface area contributed by atoms with Gasteiger partial charge in [-0.25, -0.2) is 9.37 Å². The molecule has 0 aliphatic carbocycles. The second-order valence-corrected chi connectivity index (χ2v) is 10.1. The molecule has 1 N–H and O–H groups in total. The van der Waals surface area contributed by atoms with E-state index in [1.165, 1.54) is 35.2 Å². The molecular formula is C24H25FN6OS2. The van der Waals surface area contributed by atoms with Gasteiger partial charge in [0, 0.05) is 16.6 Å². The lowest BCUT2D eigenvalue weighted by Crippen LogP contribution is -2.23. The van der Waals surface area contributed by atoms with Crippen LogP contribution in [-0.4, -0.2) is 49.9 Å². The molecule has 0 saturated carbocycles. The van der Waals surface area contributed by atoms with E-state index in [2.05, 4.69) is 20.5 Å². The highest BCUT2D eigenvalue weighted by atomic mass is 32.2. The van der Waals surface area contributed by atoms with Crippen molar-refractivity contribution in [1.29, 1.82) is 0 Å². The van der Waals surface area contributed by atoms with Crippen molar-refractivity contribution in [1.82, 2.24) is 24.6 Å². The molecule has 4 rings (SSSR count). The lowest BCUT2D eigenvalue weighted by molar-refractivity contribution is -0.115. The van der Waals surface area contributed by atoms with Crippen LogP contribution in [0.1, 0.15) is 25.7 Å². The zero-order valence-corrected chi connectivity index (χ0v) is 20.9. The number of carbonyl (C=O) groups excluding carboxylic acids is 1. The lowest BCUT2D eigenvalue weighted by atomic mass is 10.2. The fourth-order valence-corrected chi connectivity index (χ4v) is 4.78. The highest BCUT2D eigenvalue weighted by molar-refractivity contribution is 8.00. The maximum atomic E-state index is 13.5. The molecule has 0 saturated heterocycles. The Kier molecular flexibility index (Phi) is 7.40. The minimum absolute atomic E-state index is 0.0391. The van der Waals surface area contributed by atoms with Crippen LogP contribution in [-0.2, 0) is 4.79 Å². The Balaban J connectivity index is 1.53. The maximum Gasteiger partial charge on any atom is 0.239 e. The average molecular weight is 497 g/mol. The van der Waals surface area contributed by atoms with Gasteiger partial charge in [-0.2, -0.15) is 0 Å². The van der Waals surface area contributed by atoms with Gasteiger partial charge in [0.1, 0.15) is 5.82 Å². The van der Waals surface area contributed by atoms with Gasteiger partial charge in [0.15, 0.2) is 16.1 Å². The minimum Gasteiger partial charge on any atom is -0.301 e. The predicted molar refractivity (Wildman–Crippen MR) is 135 cm³/mol. The number of benzene rings is 2. The molecule has 34 heavy (non-hydrogen) atoms. The van der Waals surface area contributed by atoms with Gasteiger partial charge in [-0.15, -0.1) is 21.5 Å². The standard InChI is InChI=1S/C24H25FN6OS2/c1-15(30(3)4)21-28-29-24(31(21)19-12-10-18(25)11-13-19)34-16(2)22(32)27-23-26-20(14-33-23)17-8-6-5-7-9-17/h5-16H,1-4H3,(H,26,27,32)/t15-,16-/m0/s1. The van der Waals surface area contributed by atoms with Crippen LogP contribution < -0.4 is 5.32 Å². The van der Waals surface area contributed by atoms with Gasteiger partial charge in [-0.05, 0) is 52.2 Å². The lowest BCUT2D eigenvalue weighted by Gasteiger charge is -2.21. The van der Waals surface area contributed by atoms with E-state index >= 15 is 0 Å². The molecule has 0 spiro atoms. The Bertz CT molecular complexity index is 1260. The molecule has 0 radical (unpaired) electrons. The van der Waals surface area contributed by atoms with Crippen LogP contribution in [0.5, 0.6) is 0 Å².